The number of benzene rings is 7. The van der Waals surface area contributed by atoms with E-state index in [1.165, 1.54) is 43.2 Å². The Morgan fingerprint density at radius 3 is 1.50 bits per heavy atom. The summed E-state index contributed by atoms with van der Waals surface area (Å²) in [6.45, 7) is 0. The first kappa shape index (κ1) is 30.9. The molecule has 0 fully saturated rings. The smallest absolute Gasteiger partial charge is 0.164 e. The Labute approximate surface area is 317 Å². The van der Waals surface area contributed by atoms with Gasteiger partial charge in [-0.05, 0) is 69.3 Å². The lowest BCUT2D eigenvalue weighted by molar-refractivity contribution is 0.723. The summed E-state index contributed by atoms with van der Waals surface area (Å²) < 4.78 is 0. The number of para-hydroxylation sites is 1. The van der Waals surface area contributed by atoms with Crippen LogP contribution in [0.4, 0.5) is 0 Å². The van der Waals surface area contributed by atoms with Crippen molar-refractivity contribution in [3.63, 3.8) is 0 Å². The Morgan fingerprint density at radius 1 is 0.370 bits per heavy atom. The van der Waals surface area contributed by atoms with Crippen molar-refractivity contribution in [1.29, 1.82) is 0 Å². The third kappa shape index (κ3) is 4.65. The van der Waals surface area contributed by atoms with E-state index in [1.54, 1.807) is 0 Å². The van der Waals surface area contributed by atoms with E-state index < -0.39 is 5.41 Å². The molecule has 1 aliphatic heterocycles. The second kappa shape index (κ2) is 12.2. The zero-order chi connectivity index (χ0) is 35.6. The quantitative estimate of drug-likeness (QED) is 0.182. The number of hydrogen-bond acceptors (Lipinski definition) is 5. The van der Waals surface area contributed by atoms with Crippen LogP contribution in [0.3, 0.4) is 0 Å². The Kier molecular flexibility index (Phi) is 6.97. The number of aromatic nitrogens is 4. The molecule has 9 aromatic rings. The molecule has 1 aliphatic carbocycles. The lowest BCUT2D eigenvalue weighted by atomic mass is 9.66. The summed E-state index contributed by atoms with van der Waals surface area (Å²) in [7, 11) is 0. The lowest BCUT2D eigenvalue weighted by Crippen LogP contribution is -2.32. The summed E-state index contributed by atoms with van der Waals surface area (Å²) in [6, 6.07) is 62.6. The molecule has 0 saturated carbocycles. The van der Waals surface area contributed by atoms with Gasteiger partial charge in [0, 0.05) is 43.6 Å². The third-order valence-corrected chi connectivity index (χ3v) is 12.0. The Balaban J connectivity index is 1.19. The molecule has 7 aromatic carbocycles. The van der Waals surface area contributed by atoms with Gasteiger partial charge >= 0.3 is 0 Å². The largest absolute Gasteiger partial charge is 0.256 e. The van der Waals surface area contributed by atoms with Crippen molar-refractivity contribution in [2.75, 3.05) is 0 Å². The van der Waals surface area contributed by atoms with Crippen molar-refractivity contribution in [1.82, 2.24) is 19.9 Å². The summed E-state index contributed by atoms with van der Waals surface area (Å²) in [5.74, 6) is 1.94. The first-order valence-electron chi connectivity index (χ1n) is 18.1. The van der Waals surface area contributed by atoms with E-state index in [1.807, 2.05) is 60.4 Å². The van der Waals surface area contributed by atoms with Gasteiger partial charge in [-0.25, -0.2) is 15.0 Å². The second-order valence-corrected chi connectivity index (χ2v) is 14.9. The summed E-state index contributed by atoms with van der Waals surface area (Å²) in [5.41, 5.74) is 13.1. The topological polar surface area (TPSA) is 51.6 Å². The van der Waals surface area contributed by atoms with Crippen LogP contribution in [0.25, 0.3) is 67.3 Å². The molecule has 0 radical (unpaired) electrons. The van der Waals surface area contributed by atoms with Crippen LogP contribution in [0.1, 0.15) is 22.3 Å². The molecule has 0 amide bonds. The van der Waals surface area contributed by atoms with Gasteiger partial charge in [0.1, 0.15) is 0 Å². The first-order chi connectivity index (χ1) is 26.8. The Morgan fingerprint density at radius 2 is 0.870 bits per heavy atom. The number of nitrogens with zero attached hydrogens (tertiary/aromatic N) is 4. The second-order valence-electron chi connectivity index (χ2n) is 13.8. The molecule has 5 heteroatoms. The maximum Gasteiger partial charge on any atom is 0.164 e. The molecule has 2 aliphatic rings. The number of hydrogen-bond donors (Lipinski definition) is 0. The molecule has 0 bridgehead atoms. The summed E-state index contributed by atoms with van der Waals surface area (Å²) in [5, 5.41) is 1.13. The van der Waals surface area contributed by atoms with Crippen LogP contribution in [0.2, 0.25) is 0 Å². The van der Waals surface area contributed by atoms with E-state index >= 15 is 0 Å². The molecule has 0 atom stereocenters. The molecular weight excluding hydrogens is 677 g/mol. The molecule has 11 rings (SSSR count). The SMILES string of the molecule is c1ccc(-c2nc(-c3ccccc3)nc(-c3ccc4c(c3)C3(c5cc(-c6cccc7cccnc67)ccc5S4)c4ccccc4-c4ccccc43)n2)cc1. The van der Waals surface area contributed by atoms with Crippen molar-refractivity contribution < 1.29 is 0 Å². The van der Waals surface area contributed by atoms with E-state index in [4.69, 9.17) is 19.9 Å². The van der Waals surface area contributed by atoms with Crippen molar-refractivity contribution in [2.45, 2.75) is 15.2 Å². The highest BCUT2D eigenvalue weighted by atomic mass is 32.2. The van der Waals surface area contributed by atoms with Crippen LogP contribution < -0.4 is 0 Å². The maximum absolute atomic E-state index is 5.14. The highest BCUT2D eigenvalue weighted by molar-refractivity contribution is 7.99. The predicted octanol–water partition coefficient (Wildman–Crippen LogP) is 11.9. The molecule has 0 unspecified atom stereocenters. The summed E-state index contributed by atoms with van der Waals surface area (Å²) in [4.78, 5) is 22.6. The van der Waals surface area contributed by atoms with Gasteiger partial charge in [0.05, 0.1) is 10.9 Å². The van der Waals surface area contributed by atoms with Crippen LogP contribution in [0.5, 0.6) is 0 Å². The standard InChI is InChI=1S/C49H30N4S/c1-3-13-32(14-4-1)46-51-47(33-15-5-2-6-16-33)53-48(52-46)35-25-27-44-42(30-35)49(39-22-9-7-19-37(39)38-20-8-10-23-40(38)49)41-29-34(24-26-43(41)54-44)36-21-11-17-31-18-12-28-50-45(31)36/h1-30H. The first-order valence-corrected chi connectivity index (χ1v) is 18.9. The van der Waals surface area contributed by atoms with Gasteiger partial charge in [0.15, 0.2) is 17.5 Å². The van der Waals surface area contributed by atoms with Crippen LogP contribution in [0.15, 0.2) is 192 Å². The number of fused-ring (bicyclic) bond motifs is 10. The van der Waals surface area contributed by atoms with E-state index in [0.29, 0.717) is 17.5 Å². The molecule has 3 heterocycles. The van der Waals surface area contributed by atoms with Gasteiger partial charge in [-0.3, -0.25) is 4.98 Å². The number of rotatable bonds is 4. The average molecular weight is 707 g/mol. The zero-order valence-corrected chi connectivity index (χ0v) is 29.8. The molecule has 4 nitrogen and oxygen atoms in total. The Bertz CT molecular complexity index is 2810. The highest BCUT2D eigenvalue weighted by Crippen LogP contribution is 2.62. The molecular formula is C49H30N4S. The zero-order valence-electron chi connectivity index (χ0n) is 29.0. The van der Waals surface area contributed by atoms with Crippen molar-refractivity contribution >= 4 is 22.7 Å². The fourth-order valence-electron chi connectivity index (χ4n) is 8.48. The van der Waals surface area contributed by atoms with Crippen molar-refractivity contribution in [3.8, 4) is 56.4 Å². The van der Waals surface area contributed by atoms with E-state index in [0.717, 1.165) is 38.7 Å². The lowest BCUT2D eigenvalue weighted by Gasteiger charge is -2.40. The number of pyridine rings is 1. The molecule has 0 saturated heterocycles. The molecule has 2 aromatic heterocycles. The fraction of sp³-hybridized carbons (Fsp3) is 0.0204. The Hall–Kier alpha value is -6.69. The van der Waals surface area contributed by atoms with Gasteiger partial charge in [-0.2, -0.15) is 0 Å². The van der Waals surface area contributed by atoms with E-state index in [9.17, 15) is 0 Å². The van der Waals surface area contributed by atoms with Crippen molar-refractivity contribution in [2.24, 2.45) is 0 Å². The van der Waals surface area contributed by atoms with Crippen LogP contribution in [-0.4, -0.2) is 19.9 Å². The van der Waals surface area contributed by atoms with Gasteiger partial charge in [0.25, 0.3) is 0 Å². The normalized spacial score (nSPS) is 13.3. The molecule has 0 N–H and O–H groups in total. The van der Waals surface area contributed by atoms with Gasteiger partial charge < -0.3 is 0 Å². The van der Waals surface area contributed by atoms with Crippen LogP contribution >= 0.6 is 11.8 Å². The average Bonchev–Trinajstić information content (AvgIpc) is 3.54. The van der Waals surface area contributed by atoms with Crippen LogP contribution in [-0.2, 0) is 5.41 Å². The third-order valence-electron chi connectivity index (χ3n) is 10.8. The minimum absolute atomic E-state index is 0.579. The minimum Gasteiger partial charge on any atom is -0.256 e. The monoisotopic (exact) mass is 706 g/mol. The van der Waals surface area contributed by atoms with Gasteiger partial charge in [-0.15, -0.1) is 0 Å². The minimum atomic E-state index is -0.579. The predicted molar refractivity (Wildman–Crippen MR) is 218 cm³/mol. The van der Waals surface area contributed by atoms with E-state index in [-0.39, 0.29) is 0 Å². The van der Waals surface area contributed by atoms with Gasteiger partial charge in [-0.1, -0.05) is 157 Å². The van der Waals surface area contributed by atoms with E-state index in [2.05, 4.69) is 133 Å². The molecule has 1 spiro atoms. The maximum atomic E-state index is 5.14. The molecule has 252 valence electrons. The summed E-state index contributed by atoms with van der Waals surface area (Å²) in [6.07, 6.45) is 1.89. The fourth-order valence-corrected chi connectivity index (χ4v) is 9.64. The summed E-state index contributed by atoms with van der Waals surface area (Å²) >= 11 is 1.84. The van der Waals surface area contributed by atoms with Crippen LogP contribution in [0, 0.1) is 0 Å². The van der Waals surface area contributed by atoms with Gasteiger partial charge in [0.2, 0.25) is 0 Å². The highest BCUT2D eigenvalue weighted by Gasteiger charge is 2.50. The molecule has 54 heavy (non-hydrogen) atoms. The van der Waals surface area contributed by atoms with Crippen molar-refractivity contribution in [3.05, 3.63) is 204 Å².